The summed E-state index contributed by atoms with van der Waals surface area (Å²) in [5, 5.41) is 5.42. The molecule has 2 aromatic heterocycles. The molecule has 0 aromatic carbocycles. The molecule has 0 bridgehead atoms. The third-order valence-electron chi connectivity index (χ3n) is 2.28. The highest BCUT2D eigenvalue weighted by Gasteiger charge is 2.02. The molecule has 0 saturated heterocycles. The minimum atomic E-state index is 0.798. The van der Waals surface area contributed by atoms with Crippen molar-refractivity contribution in [3.05, 3.63) is 38.9 Å². The Bertz CT molecular complexity index is 470. The van der Waals surface area contributed by atoms with E-state index < -0.39 is 0 Å². The summed E-state index contributed by atoms with van der Waals surface area (Å²) >= 11 is 5.10. The van der Waals surface area contributed by atoms with Gasteiger partial charge in [0.15, 0.2) is 0 Å². The lowest BCUT2D eigenvalue weighted by molar-refractivity contribution is 1.05. The van der Waals surface area contributed by atoms with E-state index in [9.17, 15) is 0 Å². The Labute approximate surface area is 107 Å². The Morgan fingerprint density at radius 1 is 1.44 bits per heavy atom. The van der Waals surface area contributed by atoms with Gasteiger partial charge in [-0.3, -0.25) is 0 Å². The fourth-order valence-corrected chi connectivity index (χ4v) is 2.66. The summed E-state index contributed by atoms with van der Waals surface area (Å²) in [6.07, 6.45) is 2.62. The van der Waals surface area contributed by atoms with Crippen LogP contribution in [0, 0.1) is 0 Å². The van der Waals surface area contributed by atoms with Gasteiger partial charge in [-0.05, 0) is 39.4 Å². The number of anilines is 1. The largest absolute Gasteiger partial charge is 0.365 e. The zero-order valence-electron chi connectivity index (χ0n) is 8.90. The molecule has 0 atom stereocenters. The number of halogens is 1. The van der Waals surface area contributed by atoms with Gasteiger partial charge in [0.1, 0.15) is 16.7 Å². The van der Waals surface area contributed by atoms with Gasteiger partial charge in [-0.25, -0.2) is 9.97 Å². The normalized spacial score (nSPS) is 10.4. The van der Waals surface area contributed by atoms with E-state index in [-0.39, 0.29) is 0 Å². The minimum absolute atomic E-state index is 0.798. The number of hydrogen-bond acceptors (Lipinski definition) is 4. The molecule has 3 nitrogen and oxygen atoms in total. The molecule has 84 valence electrons. The Hall–Kier alpha value is -0.940. The number of nitrogens with zero attached hydrogens (tertiary/aromatic N) is 2. The van der Waals surface area contributed by atoms with Gasteiger partial charge < -0.3 is 5.32 Å². The van der Waals surface area contributed by atoms with Crippen molar-refractivity contribution in [2.45, 2.75) is 19.9 Å². The number of aromatic nitrogens is 2. The van der Waals surface area contributed by atoms with Crippen LogP contribution < -0.4 is 5.32 Å². The Balaban J connectivity index is 2.02. The monoisotopic (exact) mass is 297 g/mol. The number of thiophene rings is 1. The summed E-state index contributed by atoms with van der Waals surface area (Å²) in [6.45, 7) is 3.00. The lowest BCUT2D eigenvalue weighted by atomic mass is 10.2. The van der Waals surface area contributed by atoms with E-state index in [1.54, 1.807) is 17.7 Å². The molecule has 0 saturated carbocycles. The van der Waals surface area contributed by atoms with Crippen LogP contribution in [-0.4, -0.2) is 9.97 Å². The van der Waals surface area contributed by atoms with E-state index in [0.717, 1.165) is 23.4 Å². The van der Waals surface area contributed by atoms with Crippen LogP contribution in [0.15, 0.2) is 28.4 Å². The number of rotatable bonds is 4. The summed E-state index contributed by atoms with van der Waals surface area (Å²) in [5.41, 5.74) is 1.41. The van der Waals surface area contributed by atoms with Gasteiger partial charge in [0.2, 0.25) is 0 Å². The van der Waals surface area contributed by atoms with E-state index in [1.807, 2.05) is 6.07 Å². The van der Waals surface area contributed by atoms with Crippen LogP contribution >= 0.6 is 27.3 Å². The van der Waals surface area contributed by atoms with Crippen LogP contribution in [-0.2, 0) is 13.0 Å². The topological polar surface area (TPSA) is 37.8 Å². The molecule has 0 amide bonds. The third-order valence-corrected chi connectivity index (χ3v) is 3.68. The second kappa shape index (κ2) is 5.41. The van der Waals surface area contributed by atoms with Crippen LogP contribution in [0.5, 0.6) is 0 Å². The summed E-state index contributed by atoms with van der Waals surface area (Å²) in [7, 11) is 0. The molecular formula is C11H12BrN3S. The maximum absolute atomic E-state index is 4.15. The van der Waals surface area contributed by atoms with Gasteiger partial charge in [0, 0.05) is 10.9 Å². The standard InChI is InChI=1S/C11H12BrN3S/c1-2-8-3-4-16-9(8)6-13-11-5-10(12)14-7-15-11/h3-5,7H,2,6H2,1H3,(H,13,14,15). The predicted molar refractivity (Wildman–Crippen MR) is 70.8 cm³/mol. The number of hydrogen-bond donors (Lipinski definition) is 1. The molecule has 0 aliphatic carbocycles. The highest BCUT2D eigenvalue weighted by molar-refractivity contribution is 9.10. The van der Waals surface area contributed by atoms with Crippen LogP contribution in [0.25, 0.3) is 0 Å². The second-order valence-electron chi connectivity index (χ2n) is 3.30. The molecule has 16 heavy (non-hydrogen) atoms. The highest BCUT2D eigenvalue weighted by Crippen LogP contribution is 2.19. The fraction of sp³-hybridized carbons (Fsp3) is 0.273. The van der Waals surface area contributed by atoms with Crippen molar-refractivity contribution in [2.75, 3.05) is 5.32 Å². The molecule has 0 aliphatic rings. The van der Waals surface area contributed by atoms with E-state index in [0.29, 0.717) is 0 Å². The molecular weight excluding hydrogens is 286 g/mol. The zero-order chi connectivity index (χ0) is 11.4. The molecule has 2 heterocycles. The first kappa shape index (κ1) is 11.5. The molecule has 0 radical (unpaired) electrons. The van der Waals surface area contributed by atoms with Crippen molar-refractivity contribution >= 4 is 33.1 Å². The average Bonchev–Trinajstić information content (AvgIpc) is 2.74. The number of nitrogens with one attached hydrogen (secondary N) is 1. The zero-order valence-corrected chi connectivity index (χ0v) is 11.3. The summed E-state index contributed by atoms with van der Waals surface area (Å²) in [6, 6.07) is 4.05. The van der Waals surface area contributed by atoms with Crippen molar-refractivity contribution in [1.82, 2.24) is 9.97 Å². The van der Waals surface area contributed by atoms with Gasteiger partial charge in [0.05, 0.1) is 6.54 Å². The first-order chi connectivity index (χ1) is 7.79. The molecule has 1 N–H and O–H groups in total. The Kier molecular flexibility index (Phi) is 3.90. The van der Waals surface area contributed by atoms with Gasteiger partial charge in [0.25, 0.3) is 0 Å². The molecule has 0 aliphatic heterocycles. The summed E-state index contributed by atoms with van der Waals surface area (Å²) < 4.78 is 0.798. The van der Waals surface area contributed by atoms with Crippen molar-refractivity contribution in [3.8, 4) is 0 Å². The maximum Gasteiger partial charge on any atom is 0.130 e. The van der Waals surface area contributed by atoms with E-state index in [1.165, 1.54) is 10.4 Å². The van der Waals surface area contributed by atoms with E-state index in [2.05, 4.69) is 49.6 Å². The van der Waals surface area contributed by atoms with Crippen molar-refractivity contribution in [1.29, 1.82) is 0 Å². The number of aryl methyl sites for hydroxylation is 1. The first-order valence-electron chi connectivity index (χ1n) is 5.06. The Morgan fingerprint density at radius 2 is 2.31 bits per heavy atom. The fourth-order valence-electron chi connectivity index (χ4n) is 1.44. The summed E-state index contributed by atoms with van der Waals surface area (Å²) in [5.74, 6) is 0.845. The van der Waals surface area contributed by atoms with E-state index >= 15 is 0 Å². The highest BCUT2D eigenvalue weighted by atomic mass is 79.9. The van der Waals surface area contributed by atoms with Crippen LogP contribution in [0.2, 0.25) is 0 Å². The summed E-state index contributed by atoms with van der Waals surface area (Å²) in [4.78, 5) is 9.51. The molecule has 5 heteroatoms. The second-order valence-corrected chi connectivity index (χ2v) is 5.12. The lowest BCUT2D eigenvalue weighted by Crippen LogP contribution is -2.01. The van der Waals surface area contributed by atoms with Gasteiger partial charge in [-0.2, -0.15) is 0 Å². The van der Waals surface area contributed by atoms with Crippen LogP contribution in [0.3, 0.4) is 0 Å². The first-order valence-corrected chi connectivity index (χ1v) is 6.73. The smallest absolute Gasteiger partial charge is 0.130 e. The van der Waals surface area contributed by atoms with Crippen molar-refractivity contribution in [3.63, 3.8) is 0 Å². The quantitative estimate of drug-likeness (QED) is 0.878. The molecule has 2 aromatic rings. The Morgan fingerprint density at radius 3 is 3.06 bits per heavy atom. The van der Waals surface area contributed by atoms with E-state index in [4.69, 9.17) is 0 Å². The van der Waals surface area contributed by atoms with Crippen molar-refractivity contribution < 1.29 is 0 Å². The lowest BCUT2D eigenvalue weighted by Gasteiger charge is -2.05. The van der Waals surface area contributed by atoms with Crippen LogP contribution in [0.1, 0.15) is 17.4 Å². The third kappa shape index (κ3) is 2.80. The van der Waals surface area contributed by atoms with Gasteiger partial charge >= 0.3 is 0 Å². The van der Waals surface area contributed by atoms with Gasteiger partial charge in [-0.1, -0.05) is 6.92 Å². The molecule has 0 fully saturated rings. The molecule has 0 unspecified atom stereocenters. The molecule has 2 rings (SSSR count). The molecule has 0 spiro atoms. The van der Waals surface area contributed by atoms with Gasteiger partial charge in [-0.15, -0.1) is 11.3 Å². The predicted octanol–water partition coefficient (Wildman–Crippen LogP) is 3.48. The van der Waals surface area contributed by atoms with Crippen LogP contribution in [0.4, 0.5) is 5.82 Å². The average molecular weight is 298 g/mol. The maximum atomic E-state index is 4.15. The SMILES string of the molecule is CCc1ccsc1CNc1cc(Br)ncn1. The minimum Gasteiger partial charge on any atom is -0.365 e. The van der Waals surface area contributed by atoms with Crippen molar-refractivity contribution in [2.24, 2.45) is 0 Å².